The van der Waals surface area contributed by atoms with Crippen molar-refractivity contribution in [3.05, 3.63) is 88.9 Å². The number of benzene rings is 3. The number of carbonyl (C=O) groups is 1. The van der Waals surface area contributed by atoms with Crippen LogP contribution in [0.3, 0.4) is 0 Å². The number of amides is 1. The standard InChI is InChI=1S/C25H20ClN3O3/c1-31-18-10-11-24(32-2)21(13-18)23-14-20(19-8-3-4-9-22(19)28-23)25(30)29-27-15-16-6-5-7-17(26)12-16/h3-15H,1-2H3,(H,29,30)/b27-15+. The van der Waals surface area contributed by atoms with Gasteiger partial charge in [-0.1, -0.05) is 41.9 Å². The van der Waals surface area contributed by atoms with E-state index in [1.54, 1.807) is 44.7 Å². The molecule has 4 rings (SSSR count). The van der Waals surface area contributed by atoms with E-state index in [1.807, 2.05) is 48.5 Å². The summed E-state index contributed by atoms with van der Waals surface area (Å²) in [6.07, 6.45) is 1.54. The Morgan fingerprint density at radius 1 is 1.00 bits per heavy atom. The minimum atomic E-state index is -0.356. The molecule has 0 bridgehead atoms. The van der Waals surface area contributed by atoms with Gasteiger partial charge in [-0.25, -0.2) is 10.4 Å². The highest BCUT2D eigenvalue weighted by Gasteiger charge is 2.16. The number of halogens is 1. The second-order valence-electron chi connectivity index (χ2n) is 6.89. The van der Waals surface area contributed by atoms with E-state index in [4.69, 9.17) is 26.1 Å². The third kappa shape index (κ3) is 4.55. The number of hydrogen-bond acceptors (Lipinski definition) is 5. The number of methoxy groups -OCH3 is 2. The molecule has 0 aliphatic carbocycles. The molecule has 0 saturated carbocycles. The molecular weight excluding hydrogens is 426 g/mol. The molecule has 0 saturated heterocycles. The molecule has 7 heteroatoms. The Morgan fingerprint density at radius 3 is 2.62 bits per heavy atom. The number of ether oxygens (including phenoxy) is 2. The molecule has 1 amide bonds. The first-order chi connectivity index (χ1) is 15.6. The van der Waals surface area contributed by atoms with Crippen molar-refractivity contribution in [2.24, 2.45) is 5.10 Å². The zero-order valence-corrected chi connectivity index (χ0v) is 18.3. The summed E-state index contributed by atoms with van der Waals surface area (Å²) >= 11 is 5.99. The molecule has 1 N–H and O–H groups in total. The summed E-state index contributed by atoms with van der Waals surface area (Å²) in [5, 5.41) is 5.39. The number of rotatable bonds is 6. The fourth-order valence-corrected chi connectivity index (χ4v) is 3.53. The molecule has 0 unspecified atom stereocenters. The zero-order chi connectivity index (χ0) is 22.5. The number of fused-ring (bicyclic) bond motifs is 1. The van der Waals surface area contributed by atoms with E-state index in [0.717, 1.165) is 5.56 Å². The first-order valence-corrected chi connectivity index (χ1v) is 10.2. The summed E-state index contributed by atoms with van der Waals surface area (Å²) in [5.41, 5.74) is 5.80. The average Bonchev–Trinajstić information content (AvgIpc) is 2.82. The Balaban J connectivity index is 1.74. The number of carbonyl (C=O) groups excluding carboxylic acids is 1. The first-order valence-electron chi connectivity index (χ1n) is 9.80. The number of hydrogen-bond donors (Lipinski definition) is 1. The Morgan fingerprint density at radius 2 is 1.84 bits per heavy atom. The number of hydrazone groups is 1. The summed E-state index contributed by atoms with van der Waals surface area (Å²) in [5.74, 6) is 0.928. The largest absolute Gasteiger partial charge is 0.497 e. The van der Waals surface area contributed by atoms with Gasteiger partial charge in [-0.2, -0.15) is 5.10 Å². The smallest absolute Gasteiger partial charge is 0.272 e. The highest BCUT2D eigenvalue weighted by atomic mass is 35.5. The minimum Gasteiger partial charge on any atom is -0.497 e. The summed E-state index contributed by atoms with van der Waals surface area (Å²) in [6.45, 7) is 0. The van der Waals surface area contributed by atoms with Gasteiger partial charge in [0, 0.05) is 16.0 Å². The fraction of sp³-hybridized carbons (Fsp3) is 0.0800. The molecule has 0 aliphatic rings. The SMILES string of the molecule is COc1ccc(OC)c(-c2cc(C(=O)N/N=C/c3cccc(Cl)c3)c3ccccc3n2)c1. The van der Waals surface area contributed by atoms with Crippen LogP contribution in [0.5, 0.6) is 11.5 Å². The van der Waals surface area contributed by atoms with E-state index in [2.05, 4.69) is 10.5 Å². The molecule has 0 atom stereocenters. The van der Waals surface area contributed by atoms with E-state index >= 15 is 0 Å². The van der Waals surface area contributed by atoms with E-state index in [-0.39, 0.29) is 5.91 Å². The number of para-hydroxylation sites is 1. The Bertz CT molecular complexity index is 1320. The number of nitrogens with zero attached hydrogens (tertiary/aromatic N) is 2. The summed E-state index contributed by atoms with van der Waals surface area (Å²) in [7, 11) is 3.18. The molecule has 160 valence electrons. The van der Waals surface area contributed by atoms with Gasteiger partial charge in [-0.3, -0.25) is 4.79 Å². The van der Waals surface area contributed by atoms with Crippen LogP contribution in [-0.4, -0.2) is 31.3 Å². The second-order valence-corrected chi connectivity index (χ2v) is 7.33. The van der Waals surface area contributed by atoms with Crippen LogP contribution in [0.15, 0.2) is 77.9 Å². The Kier molecular flexibility index (Phi) is 6.33. The quantitative estimate of drug-likeness (QED) is 0.321. The van der Waals surface area contributed by atoms with E-state index in [1.165, 1.54) is 0 Å². The van der Waals surface area contributed by atoms with Crippen molar-refractivity contribution < 1.29 is 14.3 Å². The molecule has 0 radical (unpaired) electrons. The topological polar surface area (TPSA) is 72.8 Å². The Hall–Kier alpha value is -3.90. The maximum Gasteiger partial charge on any atom is 0.272 e. The van der Waals surface area contributed by atoms with E-state index in [0.29, 0.717) is 44.2 Å². The van der Waals surface area contributed by atoms with Crippen LogP contribution < -0.4 is 14.9 Å². The van der Waals surface area contributed by atoms with Gasteiger partial charge < -0.3 is 9.47 Å². The van der Waals surface area contributed by atoms with Crippen LogP contribution in [0.25, 0.3) is 22.2 Å². The lowest BCUT2D eigenvalue weighted by Gasteiger charge is -2.13. The zero-order valence-electron chi connectivity index (χ0n) is 17.5. The summed E-state index contributed by atoms with van der Waals surface area (Å²) < 4.78 is 10.9. The number of nitrogens with one attached hydrogen (secondary N) is 1. The predicted octanol–water partition coefficient (Wildman–Crippen LogP) is 5.34. The molecule has 6 nitrogen and oxygen atoms in total. The molecule has 1 aromatic heterocycles. The van der Waals surface area contributed by atoms with E-state index in [9.17, 15) is 4.79 Å². The van der Waals surface area contributed by atoms with Crippen molar-refractivity contribution in [3.8, 4) is 22.8 Å². The molecule has 0 fully saturated rings. The van der Waals surface area contributed by atoms with Crippen LogP contribution in [0.4, 0.5) is 0 Å². The van der Waals surface area contributed by atoms with Gasteiger partial charge in [0.25, 0.3) is 5.91 Å². The van der Waals surface area contributed by atoms with Crippen molar-refractivity contribution in [2.45, 2.75) is 0 Å². The third-order valence-corrected chi connectivity index (χ3v) is 5.11. The molecule has 0 spiro atoms. The maximum absolute atomic E-state index is 13.0. The number of pyridine rings is 1. The lowest BCUT2D eigenvalue weighted by atomic mass is 10.0. The van der Waals surface area contributed by atoms with E-state index < -0.39 is 0 Å². The van der Waals surface area contributed by atoms with Crippen LogP contribution >= 0.6 is 11.6 Å². The molecule has 1 heterocycles. The molecule has 3 aromatic carbocycles. The number of aromatic nitrogens is 1. The normalized spacial score (nSPS) is 11.0. The van der Waals surface area contributed by atoms with Crippen molar-refractivity contribution in [1.82, 2.24) is 10.4 Å². The van der Waals surface area contributed by atoms with Gasteiger partial charge in [0.1, 0.15) is 11.5 Å². The van der Waals surface area contributed by atoms with Crippen molar-refractivity contribution in [1.29, 1.82) is 0 Å². The van der Waals surface area contributed by atoms with Crippen LogP contribution in [0, 0.1) is 0 Å². The molecular formula is C25H20ClN3O3. The molecule has 0 aliphatic heterocycles. The van der Waals surface area contributed by atoms with Gasteiger partial charge in [0.2, 0.25) is 0 Å². The highest BCUT2D eigenvalue weighted by molar-refractivity contribution is 6.30. The first kappa shape index (κ1) is 21.3. The van der Waals surface area contributed by atoms with Gasteiger partial charge in [0.05, 0.1) is 37.2 Å². The van der Waals surface area contributed by atoms with Crippen molar-refractivity contribution in [3.63, 3.8) is 0 Å². The molecule has 4 aromatic rings. The van der Waals surface area contributed by atoms with Crippen molar-refractivity contribution >= 4 is 34.6 Å². The average molecular weight is 446 g/mol. The lowest BCUT2D eigenvalue weighted by Crippen LogP contribution is -2.18. The second kappa shape index (κ2) is 9.49. The summed E-state index contributed by atoms with van der Waals surface area (Å²) in [6, 6.07) is 21.8. The van der Waals surface area contributed by atoms with Gasteiger partial charge in [-0.15, -0.1) is 0 Å². The summed E-state index contributed by atoms with van der Waals surface area (Å²) in [4.78, 5) is 17.8. The Labute approximate surface area is 190 Å². The van der Waals surface area contributed by atoms with Gasteiger partial charge in [0.15, 0.2) is 0 Å². The highest BCUT2D eigenvalue weighted by Crippen LogP contribution is 2.34. The predicted molar refractivity (Wildman–Crippen MR) is 127 cm³/mol. The fourth-order valence-electron chi connectivity index (χ4n) is 3.33. The monoisotopic (exact) mass is 445 g/mol. The third-order valence-electron chi connectivity index (χ3n) is 4.87. The van der Waals surface area contributed by atoms with Gasteiger partial charge in [-0.05, 0) is 48.0 Å². The lowest BCUT2D eigenvalue weighted by molar-refractivity contribution is 0.0956. The van der Waals surface area contributed by atoms with Gasteiger partial charge >= 0.3 is 0 Å². The minimum absolute atomic E-state index is 0.356. The van der Waals surface area contributed by atoms with Crippen LogP contribution in [-0.2, 0) is 0 Å². The molecule has 32 heavy (non-hydrogen) atoms. The van der Waals surface area contributed by atoms with Crippen LogP contribution in [0.1, 0.15) is 15.9 Å². The maximum atomic E-state index is 13.0. The van der Waals surface area contributed by atoms with Crippen molar-refractivity contribution in [2.75, 3.05) is 14.2 Å². The van der Waals surface area contributed by atoms with Crippen LogP contribution in [0.2, 0.25) is 5.02 Å².